The zero-order valence-electron chi connectivity index (χ0n) is 13.1. The Hall–Kier alpha value is -2.73. The van der Waals surface area contributed by atoms with Crippen LogP contribution in [0.1, 0.15) is 16.8 Å². The summed E-state index contributed by atoms with van der Waals surface area (Å²) in [6, 6.07) is 13.3. The Morgan fingerprint density at radius 3 is 2.67 bits per heavy atom. The quantitative estimate of drug-likeness (QED) is 0.354. The average Bonchev–Trinajstić information content (AvgIpc) is 2.93. The number of para-hydroxylation sites is 2. The Morgan fingerprint density at radius 2 is 1.92 bits per heavy atom. The molecule has 3 aromatic rings. The molecule has 2 aromatic carbocycles. The number of rotatable bonds is 7. The molecule has 0 atom stereocenters. The lowest BCUT2D eigenvalue weighted by molar-refractivity contribution is -0.642. The summed E-state index contributed by atoms with van der Waals surface area (Å²) < 4.78 is 14.9. The summed E-state index contributed by atoms with van der Waals surface area (Å²) in [6.45, 7) is 0.826. The van der Waals surface area contributed by atoms with Gasteiger partial charge in [0.15, 0.2) is 5.78 Å². The second-order valence-corrected chi connectivity index (χ2v) is 5.51. The first-order chi connectivity index (χ1) is 11.7. The third kappa shape index (κ3) is 3.44. The monoisotopic (exact) mass is 328 g/mol. The van der Waals surface area contributed by atoms with Gasteiger partial charge in [0.05, 0.1) is 6.54 Å². The van der Waals surface area contributed by atoms with Crippen LogP contribution in [0.2, 0.25) is 0 Å². The van der Waals surface area contributed by atoms with Crippen molar-refractivity contribution in [2.24, 2.45) is 0 Å². The van der Waals surface area contributed by atoms with E-state index in [1.54, 1.807) is 0 Å². The summed E-state index contributed by atoms with van der Waals surface area (Å²) in [6.07, 6.45) is 0.612. The first-order valence-electron chi connectivity index (χ1n) is 7.83. The van der Waals surface area contributed by atoms with E-state index in [0.29, 0.717) is 24.5 Å². The first-order valence-corrected chi connectivity index (χ1v) is 7.83. The fourth-order valence-electron chi connectivity index (χ4n) is 2.59. The third-order valence-corrected chi connectivity index (χ3v) is 3.81. The zero-order valence-corrected chi connectivity index (χ0v) is 13.1. The first kappa shape index (κ1) is 16.1. The maximum absolute atomic E-state index is 13.0. The van der Waals surface area contributed by atoms with Gasteiger partial charge in [-0.05, 0) is 36.4 Å². The maximum atomic E-state index is 13.0. The molecule has 24 heavy (non-hydrogen) atoms. The molecular weight excluding hydrogens is 309 g/mol. The molecule has 0 aliphatic heterocycles. The molecule has 0 saturated heterocycles. The highest BCUT2D eigenvalue weighted by Crippen LogP contribution is 2.13. The summed E-state index contributed by atoms with van der Waals surface area (Å²) in [5.41, 5.74) is 2.28. The fraction of sp³-hybridized carbons (Fsp3) is 0.222. The van der Waals surface area contributed by atoms with Crippen molar-refractivity contribution in [3.63, 3.8) is 0 Å². The largest absolute Gasteiger partial charge is 0.396 e. The van der Waals surface area contributed by atoms with Gasteiger partial charge in [-0.25, -0.2) is 13.9 Å². The molecule has 0 saturated carbocycles. The van der Waals surface area contributed by atoms with Crippen molar-refractivity contribution < 1.29 is 18.9 Å². The normalized spacial score (nSPS) is 10.9. The molecule has 3 rings (SSSR count). The predicted octanol–water partition coefficient (Wildman–Crippen LogP) is 2.27. The van der Waals surface area contributed by atoms with Crippen LogP contribution < -0.4 is 9.88 Å². The van der Waals surface area contributed by atoms with Crippen molar-refractivity contribution >= 4 is 22.8 Å². The number of nitrogens with one attached hydrogen (secondary N) is 2. The summed E-state index contributed by atoms with van der Waals surface area (Å²) >= 11 is 0. The summed E-state index contributed by atoms with van der Waals surface area (Å²) in [7, 11) is 0. The highest BCUT2D eigenvalue weighted by atomic mass is 19.1. The number of ketones is 1. The molecule has 1 aromatic heterocycles. The van der Waals surface area contributed by atoms with Gasteiger partial charge in [0, 0.05) is 18.6 Å². The number of aromatic amines is 1. The van der Waals surface area contributed by atoms with Crippen molar-refractivity contribution in [1.82, 2.24) is 4.98 Å². The van der Waals surface area contributed by atoms with Gasteiger partial charge in [-0.2, -0.15) is 0 Å². The topological polar surface area (TPSA) is 69.0 Å². The van der Waals surface area contributed by atoms with Crippen LogP contribution in [0, 0.1) is 5.82 Å². The minimum Gasteiger partial charge on any atom is -0.396 e. The van der Waals surface area contributed by atoms with Gasteiger partial charge in [-0.1, -0.05) is 12.1 Å². The number of H-pyrrole nitrogens is 1. The lowest BCUT2D eigenvalue weighted by Crippen LogP contribution is -2.40. The van der Waals surface area contributed by atoms with Crippen LogP contribution in [0.25, 0.3) is 11.0 Å². The number of carbonyl (C=O) groups is 1. The Morgan fingerprint density at radius 1 is 1.17 bits per heavy atom. The van der Waals surface area contributed by atoms with E-state index in [0.717, 1.165) is 11.0 Å². The van der Waals surface area contributed by atoms with Gasteiger partial charge in [-0.15, -0.1) is 0 Å². The standard InChI is InChI=1S/C18H18FN3O2/c19-14-8-6-13(7-9-14)17(24)12-22-16-5-2-1-4-15(16)21-18(22)20-10-3-11-23/h1-2,4-9,23H,3,10-12H2,(H,20,21)/p+1. The third-order valence-electron chi connectivity index (χ3n) is 3.81. The van der Waals surface area contributed by atoms with Gasteiger partial charge in [-0.3, -0.25) is 10.1 Å². The molecule has 0 aliphatic rings. The van der Waals surface area contributed by atoms with E-state index in [4.69, 9.17) is 5.11 Å². The van der Waals surface area contributed by atoms with Crippen LogP contribution in [0.4, 0.5) is 10.3 Å². The fourth-order valence-corrected chi connectivity index (χ4v) is 2.59. The van der Waals surface area contributed by atoms with E-state index in [1.165, 1.54) is 24.3 Å². The SMILES string of the molecule is O=C(C[n+]1c(NCCCO)[nH]c2ccccc21)c1ccc(F)cc1. The summed E-state index contributed by atoms with van der Waals surface area (Å²) in [5, 5.41) is 12.1. The van der Waals surface area contributed by atoms with Crippen LogP contribution >= 0.6 is 0 Å². The highest BCUT2D eigenvalue weighted by molar-refractivity contribution is 5.95. The second-order valence-electron chi connectivity index (χ2n) is 5.51. The summed E-state index contributed by atoms with van der Waals surface area (Å²) in [4.78, 5) is 15.8. The molecule has 3 N–H and O–H groups in total. The predicted molar refractivity (Wildman–Crippen MR) is 89.4 cm³/mol. The molecule has 6 heteroatoms. The number of carbonyl (C=O) groups excluding carboxylic acids is 1. The van der Waals surface area contributed by atoms with Gasteiger partial charge in [0.1, 0.15) is 23.4 Å². The number of imidazole rings is 1. The van der Waals surface area contributed by atoms with Crippen LogP contribution in [0.15, 0.2) is 48.5 Å². The van der Waals surface area contributed by atoms with Crippen LogP contribution in [-0.4, -0.2) is 29.0 Å². The Bertz CT molecular complexity index is 843. The molecule has 0 radical (unpaired) electrons. The molecular formula is C18H19FN3O2+. The molecule has 5 nitrogen and oxygen atoms in total. The molecule has 0 aliphatic carbocycles. The molecule has 0 amide bonds. The average molecular weight is 328 g/mol. The number of hydrogen-bond acceptors (Lipinski definition) is 3. The Kier molecular flexibility index (Phi) is 4.86. The van der Waals surface area contributed by atoms with Crippen LogP contribution in [0.3, 0.4) is 0 Å². The van der Waals surface area contributed by atoms with E-state index in [1.807, 2.05) is 28.8 Å². The van der Waals surface area contributed by atoms with Crippen LogP contribution in [-0.2, 0) is 6.54 Å². The molecule has 0 spiro atoms. The van der Waals surface area contributed by atoms with E-state index in [-0.39, 0.29) is 24.8 Å². The maximum Gasteiger partial charge on any atom is 0.356 e. The number of anilines is 1. The number of halogens is 1. The van der Waals surface area contributed by atoms with Gasteiger partial charge in [0.2, 0.25) is 0 Å². The van der Waals surface area contributed by atoms with E-state index in [9.17, 15) is 9.18 Å². The van der Waals surface area contributed by atoms with Gasteiger partial charge in [0.25, 0.3) is 0 Å². The number of hydrogen-bond donors (Lipinski definition) is 3. The smallest absolute Gasteiger partial charge is 0.356 e. The number of benzene rings is 2. The number of nitrogens with zero attached hydrogens (tertiary/aromatic N) is 1. The van der Waals surface area contributed by atoms with E-state index >= 15 is 0 Å². The zero-order chi connectivity index (χ0) is 16.9. The number of aromatic nitrogens is 2. The second kappa shape index (κ2) is 7.23. The van der Waals surface area contributed by atoms with Crippen molar-refractivity contribution in [2.75, 3.05) is 18.5 Å². The summed E-state index contributed by atoms with van der Waals surface area (Å²) in [5.74, 6) is 0.243. The molecule has 0 fully saturated rings. The number of fused-ring (bicyclic) bond motifs is 1. The lowest BCUT2D eigenvalue weighted by atomic mass is 10.1. The minimum atomic E-state index is -0.363. The van der Waals surface area contributed by atoms with E-state index in [2.05, 4.69) is 10.3 Å². The number of aliphatic hydroxyl groups excluding tert-OH is 1. The van der Waals surface area contributed by atoms with Crippen molar-refractivity contribution in [2.45, 2.75) is 13.0 Å². The van der Waals surface area contributed by atoms with Gasteiger partial charge >= 0.3 is 5.95 Å². The van der Waals surface area contributed by atoms with Crippen molar-refractivity contribution in [3.05, 3.63) is 59.9 Å². The molecule has 124 valence electrons. The highest BCUT2D eigenvalue weighted by Gasteiger charge is 2.20. The Balaban J connectivity index is 1.90. The van der Waals surface area contributed by atoms with Crippen molar-refractivity contribution in [1.29, 1.82) is 0 Å². The molecule has 1 heterocycles. The van der Waals surface area contributed by atoms with Gasteiger partial charge < -0.3 is 5.11 Å². The van der Waals surface area contributed by atoms with Crippen molar-refractivity contribution in [3.8, 4) is 0 Å². The molecule has 0 unspecified atom stereocenters. The minimum absolute atomic E-state index is 0.0989. The lowest BCUT2D eigenvalue weighted by Gasteiger charge is -2.04. The van der Waals surface area contributed by atoms with Crippen LogP contribution in [0.5, 0.6) is 0 Å². The number of Topliss-reactive ketones (excluding diaryl/α,β-unsaturated/α-hetero) is 1. The van der Waals surface area contributed by atoms with E-state index < -0.39 is 0 Å². The Labute approximate surface area is 138 Å². The molecule has 0 bridgehead atoms. The number of aliphatic hydroxyl groups is 1.